The van der Waals surface area contributed by atoms with Gasteiger partial charge in [-0.15, -0.1) is 0 Å². The summed E-state index contributed by atoms with van der Waals surface area (Å²) in [6, 6.07) is 0.541. The van der Waals surface area contributed by atoms with E-state index in [1.807, 2.05) is 12.4 Å². The van der Waals surface area contributed by atoms with Crippen LogP contribution in [0.1, 0.15) is 32.0 Å². The van der Waals surface area contributed by atoms with E-state index in [4.69, 9.17) is 4.74 Å². The molecule has 1 unspecified atom stereocenters. The molecule has 0 aliphatic carbocycles. The van der Waals surface area contributed by atoms with Crippen molar-refractivity contribution in [2.24, 2.45) is 0 Å². The molecule has 0 spiro atoms. The Labute approximate surface area is 97.0 Å². The van der Waals surface area contributed by atoms with Gasteiger partial charge in [0.25, 0.3) is 0 Å². The highest BCUT2D eigenvalue weighted by molar-refractivity contribution is 4.90. The first-order valence-corrected chi connectivity index (χ1v) is 6.21. The standard InChI is InChI=1S/C12H21N3O/c1-2-15-8-7-14-12(15)10-16-9-11-5-3-4-6-13-11/h7-8,11,13H,2-6,9-10H2,1H3. The van der Waals surface area contributed by atoms with Crippen LogP contribution in [-0.4, -0.2) is 28.7 Å². The Hall–Kier alpha value is -0.870. The number of hydrogen-bond donors (Lipinski definition) is 1. The molecule has 4 nitrogen and oxygen atoms in total. The Morgan fingerprint density at radius 1 is 1.56 bits per heavy atom. The van der Waals surface area contributed by atoms with Gasteiger partial charge in [-0.1, -0.05) is 6.42 Å². The van der Waals surface area contributed by atoms with E-state index in [1.165, 1.54) is 19.3 Å². The van der Waals surface area contributed by atoms with Crippen LogP contribution in [-0.2, 0) is 17.9 Å². The summed E-state index contributed by atoms with van der Waals surface area (Å²) in [7, 11) is 0. The summed E-state index contributed by atoms with van der Waals surface area (Å²) in [5, 5.41) is 3.48. The van der Waals surface area contributed by atoms with E-state index >= 15 is 0 Å². The Bertz CT molecular complexity index is 305. The lowest BCUT2D eigenvalue weighted by Gasteiger charge is -2.23. The van der Waals surface area contributed by atoms with Gasteiger partial charge < -0.3 is 14.6 Å². The minimum absolute atomic E-state index is 0.541. The molecule has 1 aromatic heterocycles. The average Bonchev–Trinajstić information content (AvgIpc) is 2.78. The Morgan fingerprint density at radius 3 is 3.25 bits per heavy atom. The third-order valence-corrected chi connectivity index (χ3v) is 3.10. The molecule has 1 aliphatic heterocycles. The van der Waals surface area contributed by atoms with Gasteiger partial charge in [0.2, 0.25) is 0 Å². The van der Waals surface area contributed by atoms with E-state index in [0.717, 1.165) is 25.5 Å². The fraction of sp³-hybridized carbons (Fsp3) is 0.750. The molecule has 0 amide bonds. The van der Waals surface area contributed by atoms with Crippen molar-refractivity contribution in [1.29, 1.82) is 0 Å². The van der Waals surface area contributed by atoms with Crippen molar-refractivity contribution >= 4 is 0 Å². The van der Waals surface area contributed by atoms with Crippen molar-refractivity contribution < 1.29 is 4.74 Å². The highest BCUT2D eigenvalue weighted by Crippen LogP contribution is 2.08. The second-order valence-corrected chi connectivity index (χ2v) is 4.29. The van der Waals surface area contributed by atoms with Crippen LogP contribution in [0.25, 0.3) is 0 Å². The van der Waals surface area contributed by atoms with Crippen molar-refractivity contribution in [3.05, 3.63) is 18.2 Å². The molecule has 1 atom stereocenters. The van der Waals surface area contributed by atoms with Crippen LogP contribution in [0, 0.1) is 0 Å². The number of aromatic nitrogens is 2. The average molecular weight is 223 g/mol. The summed E-state index contributed by atoms with van der Waals surface area (Å²) in [5.74, 6) is 1.03. The normalized spacial score (nSPS) is 21.2. The van der Waals surface area contributed by atoms with Crippen LogP contribution in [0.15, 0.2) is 12.4 Å². The number of hydrogen-bond acceptors (Lipinski definition) is 3. The van der Waals surface area contributed by atoms with Crippen LogP contribution in [0.3, 0.4) is 0 Å². The highest BCUT2D eigenvalue weighted by Gasteiger charge is 2.12. The van der Waals surface area contributed by atoms with Crippen LogP contribution < -0.4 is 5.32 Å². The van der Waals surface area contributed by atoms with Gasteiger partial charge in [-0.3, -0.25) is 0 Å². The number of ether oxygens (including phenoxy) is 1. The van der Waals surface area contributed by atoms with E-state index in [2.05, 4.69) is 21.8 Å². The molecule has 1 aromatic rings. The number of imidazole rings is 1. The van der Waals surface area contributed by atoms with Gasteiger partial charge in [0.1, 0.15) is 12.4 Å². The first-order chi connectivity index (χ1) is 7.90. The quantitative estimate of drug-likeness (QED) is 0.823. The summed E-state index contributed by atoms with van der Waals surface area (Å²) in [5.41, 5.74) is 0. The molecule has 16 heavy (non-hydrogen) atoms. The predicted molar refractivity (Wildman–Crippen MR) is 63.2 cm³/mol. The molecule has 0 radical (unpaired) electrons. The third-order valence-electron chi connectivity index (χ3n) is 3.10. The van der Waals surface area contributed by atoms with E-state index < -0.39 is 0 Å². The maximum atomic E-state index is 5.71. The lowest BCUT2D eigenvalue weighted by atomic mass is 10.1. The number of piperidine rings is 1. The van der Waals surface area contributed by atoms with Crippen LogP contribution in [0.2, 0.25) is 0 Å². The van der Waals surface area contributed by atoms with Crippen LogP contribution >= 0.6 is 0 Å². The minimum Gasteiger partial charge on any atom is -0.372 e. The lowest BCUT2D eigenvalue weighted by Crippen LogP contribution is -2.37. The second-order valence-electron chi connectivity index (χ2n) is 4.29. The van der Waals surface area contributed by atoms with Crippen LogP contribution in [0.5, 0.6) is 0 Å². The molecule has 2 rings (SSSR count). The Balaban J connectivity index is 1.71. The molecule has 0 bridgehead atoms. The summed E-state index contributed by atoms with van der Waals surface area (Å²) >= 11 is 0. The molecule has 0 saturated carbocycles. The predicted octanol–water partition coefficient (Wildman–Crippen LogP) is 1.56. The van der Waals surface area contributed by atoms with Gasteiger partial charge in [0, 0.05) is 25.0 Å². The summed E-state index contributed by atoms with van der Waals surface area (Å²) in [6.45, 7) is 5.64. The first-order valence-electron chi connectivity index (χ1n) is 6.21. The van der Waals surface area contributed by atoms with Crippen molar-refractivity contribution in [2.45, 2.75) is 45.4 Å². The molecule has 90 valence electrons. The molecule has 1 aliphatic rings. The summed E-state index contributed by atoms with van der Waals surface area (Å²) < 4.78 is 7.83. The topological polar surface area (TPSA) is 39.1 Å². The number of rotatable bonds is 5. The summed E-state index contributed by atoms with van der Waals surface area (Å²) in [4.78, 5) is 4.29. The van der Waals surface area contributed by atoms with E-state index in [-0.39, 0.29) is 0 Å². The molecule has 4 heteroatoms. The van der Waals surface area contributed by atoms with Gasteiger partial charge in [0.05, 0.1) is 6.61 Å². The monoisotopic (exact) mass is 223 g/mol. The largest absolute Gasteiger partial charge is 0.372 e. The minimum atomic E-state index is 0.541. The van der Waals surface area contributed by atoms with Crippen molar-refractivity contribution in [3.8, 4) is 0 Å². The first kappa shape index (κ1) is 11.6. The number of aryl methyl sites for hydroxylation is 1. The SMILES string of the molecule is CCn1ccnc1COCC1CCCCN1. The smallest absolute Gasteiger partial charge is 0.134 e. The Kier molecular flexibility index (Phi) is 4.36. The van der Waals surface area contributed by atoms with Crippen molar-refractivity contribution in [3.63, 3.8) is 0 Å². The van der Waals surface area contributed by atoms with Gasteiger partial charge in [0.15, 0.2) is 0 Å². The number of nitrogens with zero attached hydrogens (tertiary/aromatic N) is 2. The van der Waals surface area contributed by atoms with Gasteiger partial charge in [-0.25, -0.2) is 4.98 Å². The zero-order valence-electron chi connectivity index (χ0n) is 9.98. The zero-order chi connectivity index (χ0) is 11.2. The molecule has 1 N–H and O–H groups in total. The highest BCUT2D eigenvalue weighted by atomic mass is 16.5. The fourth-order valence-electron chi connectivity index (χ4n) is 2.13. The zero-order valence-corrected chi connectivity index (χ0v) is 9.98. The fourth-order valence-corrected chi connectivity index (χ4v) is 2.13. The number of nitrogens with one attached hydrogen (secondary N) is 1. The molecule has 1 fully saturated rings. The molecule has 0 aromatic carbocycles. The van der Waals surface area contributed by atoms with Gasteiger partial charge in [-0.05, 0) is 26.3 Å². The molecule has 1 saturated heterocycles. The molecular weight excluding hydrogens is 202 g/mol. The maximum Gasteiger partial charge on any atom is 0.134 e. The third kappa shape index (κ3) is 3.06. The second kappa shape index (κ2) is 6.01. The van der Waals surface area contributed by atoms with E-state index in [1.54, 1.807) is 0 Å². The van der Waals surface area contributed by atoms with Gasteiger partial charge in [-0.2, -0.15) is 0 Å². The molecule has 2 heterocycles. The van der Waals surface area contributed by atoms with Crippen LogP contribution in [0.4, 0.5) is 0 Å². The van der Waals surface area contributed by atoms with Crippen molar-refractivity contribution in [1.82, 2.24) is 14.9 Å². The summed E-state index contributed by atoms with van der Waals surface area (Å²) in [6.07, 6.45) is 7.70. The van der Waals surface area contributed by atoms with Crippen molar-refractivity contribution in [2.75, 3.05) is 13.2 Å². The van der Waals surface area contributed by atoms with Gasteiger partial charge >= 0.3 is 0 Å². The lowest BCUT2D eigenvalue weighted by molar-refractivity contribution is 0.0850. The maximum absolute atomic E-state index is 5.71. The van der Waals surface area contributed by atoms with E-state index in [9.17, 15) is 0 Å². The van der Waals surface area contributed by atoms with E-state index in [0.29, 0.717) is 12.6 Å². The Morgan fingerprint density at radius 2 is 2.50 bits per heavy atom. The molecular formula is C12H21N3O.